The fourth-order valence-electron chi connectivity index (χ4n) is 3.09. The van der Waals surface area contributed by atoms with Crippen LogP contribution in [0.4, 0.5) is 33.6 Å². The molecule has 0 aliphatic carbocycles. The first-order valence-corrected chi connectivity index (χ1v) is 10.8. The third-order valence-corrected chi connectivity index (χ3v) is 4.83. The number of rotatable bonds is 8. The molecule has 12 heteroatoms. The molecule has 1 amide bonds. The van der Waals surface area contributed by atoms with Crippen molar-refractivity contribution in [2.75, 3.05) is 17.2 Å². The van der Waals surface area contributed by atoms with Gasteiger partial charge in [0.15, 0.2) is 12.4 Å². The predicted octanol–water partition coefficient (Wildman–Crippen LogP) is 5.62. The lowest BCUT2D eigenvalue weighted by Crippen LogP contribution is -2.20. The number of amides is 1. The highest BCUT2D eigenvalue weighted by molar-refractivity contribution is 6.04. The first-order valence-electron chi connectivity index (χ1n) is 10.8. The molecule has 0 bridgehead atoms. The quantitative estimate of drug-likeness (QED) is 0.296. The van der Waals surface area contributed by atoms with E-state index in [-0.39, 0.29) is 23.9 Å². The highest BCUT2D eigenvalue weighted by Gasteiger charge is 2.29. The van der Waals surface area contributed by atoms with Crippen molar-refractivity contribution in [3.63, 3.8) is 0 Å². The minimum atomic E-state index is -4.62. The van der Waals surface area contributed by atoms with Crippen LogP contribution < -0.4 is 15.4 Å². The molecule has 190 valence electrons. The van der Waals surface area contributed by atoms with E-state index in [0.717, 1.165) is 0 Å². The van der Waals surface area contributed by atoms with E-state index >= 15 is 0 Å². The molecule has 4 rings (SSSR count). The smallest absolute Gasteiger partial charge is 0.422 e. The van der Waals surface area contributed by atoms with Gasteiger partial charge in [0.1, 0.15) is 11.6 Å². The van der Waals surface area contributed by atoms with E-state index in [9.17, 15) is 26.7 Å². The fraction of sp³-hybridized carbons (Fsp3) is 0.120. The molecule has 3 aromatic carbocycles. The van der Waals surface area contributed by atoms with Crippen LogP contribution in [0.25, 0.3) is 11.4 Å². The number of nitrogens with zero attached hydrogens (tertiary/aromatic N) is 3. The number of hydrogen-bond donors (Lipinski definition) is 2. The molecular weight excluding hydrogens is 497 g/mol. The Hall–Kier alpha value is -4.61. The Kier molecular flexibility index (Phi) is 7.56. The summed E-state index contributed by atoms with van der Waals surface area (Å²) < 4.78 is 69.1. The second-order valence-corrected chi connectivity index (χ2v) is 7.69. The molecule has 0 atom stereocenters. The van der Waals surface area contributed by atoms with Gasteiger partial charge >= 0.3 is 12.2 Å². The van der Waals surface area contributed by atoms with Crippen molar-refractivity contribution in [1.82, 2.24) is 15.0 Å². The first kappa shape index (κ1) is 25.5. The summed E-state index contributed by atoms with van der Waals surface area (Å²) >= 11 is 0. The molecule has 0 saturated heterocycles. The number of alkyl halides is 3. The summed E-state index contributed by atoms with van der Waals surface area (Å²) in [6, 6.07) is 16.2. The Morgan fingerprint density at radius 1 is 0.865 bits per heavy atom. The number of halogens is 5. The average Bonchev–Trinajstić information content (AvgIpc) is 2.88. The van der Waals surface area contributed by atoms with E-state index in [1.54, 1.807) is 12.1 Å². The number of carbonyl (C=O) groups excluding carboxylic acids is 1. The summed E-state index contributed by atoms with van der Waals surface area (Å²) in [5.41, 5.74) is 1.53. The van der Waals surface area contributed by atoms with Crippen LogP contribution in [-0.2, 0) is 6.54 Å². The Bertz CT molecular complexity index is 1380. The molecule has 0 saturated carbocycles. The molecule has 2 N–H and O–H groups in total. The van der Waals surface area contributed by atoms with Crippen LogP contribution >= 0.6 is 0 Å². The third-order valence-electron chi connectivity index (χ3n) is 4.83. The van der Waals surface area contributed by atoms with Crippen molar-refractivity contribution >= 4 is 17.5 Å². The molecule has 0 aliphatic rings. The number of anilines is 2. The maximum Gasteiger partial charge on any atom is 0.422 e. The van der Waals surface area contributed by atoms with E-state index in [2.05, 4.69) is 25.6 Å². The summed E-state index contributed by atoms with van der Waals surface area (Å²) in [5, 5.41) is 5.47. The molecular formula is C25H18F5N5O2. The number of aromatic nitrogens is 3. The highest BCUT2D eigenvalue weighted by Crippen LogP contribution is 2.23. The van der Waals surface area contributed by atoms with Crippen molar-refractivity contribution in [3.05, 3.63) is 95.6 Å². The van der Waals surface area contributed by atoms with Crippen LogP contribution in [0.3, 0.4) is 0 Å². The van der Waals surface area contributed by atoms with Gasteiger partial charge in [-0.1, -0.05) is 24.3 Å². The van der Waals surface area contributed by atoms with Crippen molar-refractivity contribution in [1.29, 1.82) is 0 Å². The van der Waals surface area contributed by atoms with E-state index in [0.29, 0.717) is 16.8 Å². The second kappa shape index (κ2) is 11.0. The number of ether oxygens (including phenoxy) is 1. The van der Waals surface area contributed by atoms with Gasteiger partial charge in [-0.25, -0.2) is 8.78 Å². The Morgan fingerprint density at radius 2 is 1.54 bits per heavy atom. The van der Waals surface area contributed by atoms with E-state index < -0.39 is 36.3 Å². The van der Waals surface area contributed by atoms with Gasteiger partial charge < -0.3 is 15.4 Å². The lowest BCUT2D eigenvalue weighted by molar-refractivity contribution is -0.154. The van der Waals surface area contributed by atoms with Crippen LogP contribution in [0, 0.1) is 11.6 Å². The normalized spacial score (nSPS) is 11.2. The summed E-state index contributed by atoms with van der Waals surface area (Å²) in [5.74, 6) is -1.52. The van der Waals surface area contributed by atoms with Crippen molar-refractivity contribution in [2.24, 2.45) is 0 Å². The second-order valence-electron chi connectivity index (χ2n) is 7.69. The van der Waals surface area contributed by atoms with Gasteiger partial charge in [-0.05, 0) is 54.1 Å². The van der Waals surface area contributed by atoms with Crippen LogP contribution in [-0.4, -0.2) is 33.6 Å². The third kappa shape index (κ3) is 7.43. The molecule has 0 fully saturated rings. The number of benzene rings is 3. The monoisotopic (exact) mass is 515 g/mol. The molecule has 0 spiro atoms. The molecule has 37 heavy (non-hydrogen) atoms. The van der Waals surface area contributed by atoms with Crippen molar-refractivity contribution in [2.45, 2.75) is 12.7 Å². The molecule has 4 aromatic rings. The van der Waals surface area contributed by atoms with Gasteiger partial charge in [-0.15, -0.1) is 0 Å². The molecule has 7 nitrogen and oxygen atoms in total. The van der Waals surface area contributed by atoms with Gasteiger partial charge in [-0.3, -0.25) is 4.79 Å². The lowest BCUT2D eigenvalue weighted by atomic mass is 10.1. The van der Waals surface area contributed by atoms with Gasteiger partial charge in [0, 0.05) is 23.4 Å². The van der Waals surface area contributed by atoms with E-state index in [1.165, 1.54) is 60.7 Å². The van der Waals surface area contributed by atoms with Crippen LogP contribution in [0.15, 0.2) is 72.8 Å². The zero-order valence-corrected chi connectivity index (χ0v) is 18.9. The van der Waals surface area contributed by atoms with Crippen LogP contribution in [0.2, 0.25) is 0 Å². The van der Waals surface area contributed by atoms with E-state index in [4.69, 9.17) is 4.74 Å². The van der Waals surface area contributed by atoms with Gasteiger partial charge in [0.2, 0.25) is 5.95 Å². The number of nitrogens with one attached hydrogen (secondary N) is 2. The zero-order valence-electron chi connectivity index (χ0n) is 18.9. The predicted molar refractivity (Wildman–Crippen MR) is 125 cm³/mol. The van der Waals surface area contributed by atoms with Gasteiger partial charge in [0.25, 0.3) is 5.91 Å². The summed E-state index contributed by atoms with van der Waals surface area (Å²) in [6.45, 7) is -1.48. The molecule has 1 heterocycles. The standard InChI is InChI=1S/C25H18F5N5O2/c26-18-6-4-15(5-7-18)13-31-23-33-21(34-24(35-23)37-14-25(28,29)30)16-2-1-3-17(12-16)22(36)32-20-10-8-19(27)9-11-20/h1-12H,13-14H2,(H,32,36)(H,31,33,34,35). The molecule has 0 radical (unpaired) electrons. The molecule has 0 unspecified atom stereocenters. The Labute approximate surface area is 207 Å². The van der Waals surface area contributed by atoms with Gasteiger partial charge in [0.05, 0.1) is 0 Å². The van der Waals surface area contributed by atoms with Crippen molar-refractivity contribution in [3.8, 4) is 17.4 Å². The molecule has 0 aliphatic heterocycles. The average molecular weight is 515 g/mol. The number of hydrogen-bond acceptors (Lipinski definition) is 6. The minimum absolute atomic E-state index is 0.0507. The maximum absolute atomic E-state index is 13.1. The highest BCUT2D eigenvalue weighted by atomic mass is 19.4. The van der Waals surface area contributed by atoms with Crippen LogP contribution in [0.1, 0.15) is 15.9 Å². The van der Waals surface area contributed by atoms with Crippen molar-refractivity contribution < 1.29 is 31.5 Å². The summed E-state index contributed by atoms with van der Waals surface area (Å²) in [6.07, 6.45) is -4.62. The first-order chi connectivity index (χ1) is 17.6. The lowest BCUT2D eigenvalue weighted by Gasteiger charge is -2.12. The fourth-order valence-corrected chi connectivity index (χ4v) is 3.09. The SMILES string of the molecule is O=C(Nc1ccc(F)cc1)c1cccc(-c2nc(NCc3ccc(F)cc3)nc(OCC(F)(F)F)n2)c1. The minimum Gasteiger partial charge on any atom is -0.454 e. The Morgan fingerprint density at radius 3 is 2.22 bits per heavy atom. The zero-order chi connectivity index (χ0) is 26.4. The van der Waals surface area contributed by atoms with E-state index in [1.807, 2.05) is 0 Å². The largest absolute Gasteiger partial charge is 0.454 e. The van der Waals surface area contributed by atoms with Gasteiger partial charge in [-0.2, -0.15) is 28.1 Å². The topological polar surface area (TPSA) is 89.0 Å². The number of carbonyl (C=O) groups is 1. The summed E-state index contributed by atoms with van der Waals surface area (Å²) in [4.78, 5) is 24.7. The maximum atomic E-state index is 13.1. The molecule has 1 aromatic heterocycles. The van der Waals surface area contributed by atoms with Crippen LogP contribution in [0.5, 0.6) is 6.01 Å². The Balaban J connectivity index is 1.59. The summed E-state index contributed by atoms with van der Waals surface area (Å²) in [7, 11) is 0.